The Labute approximate surface area is 83.8 Å². The Morgan fingerprint density at radius 2 is 2.13 bits per heavy atom. The van der Waals surface area contributed by atoms with Crippen LogP contribution in [0.3, 0.4) is 0 Å². The van der Waals surface area contributed by atoms with E-state index in [4.69, 9.17) is 0 Å². The third-order valence-electron chi connectivity index (χ3n) is 3.49. The topological polar surface area (TPSA) is 49.9 Å². The standard InChI is InChI=1S/C9H10F2N2O2/c10-9(11)4-8(5-9)1-2-13-6(3-8)7(14)15-12-13/h1-5H2/p+1. The van der Waals surface area contributed by atoms with Gasteiger partial charge in [0.15, 0.2) is 6.54 Å². The Balaban J connectivity index is 1.90. The molecule has 2 aliphatic rings. The zero-order chi connectivity index (χ0) is 10.7. The fourth-order valence-corrected chi connectivity index (χ4v) is 2.81. The number of halogens is 2. The first-order chi connectivity index (χ1) is 7.00. The monoisotopic (exact) mass is 217 g/mol. The van der Waals surface area contributed by atoms with Crippen LogP contribution in [0.4, 0.5) is 8.78 Å². The summed E-state index contributed by atoms with van der Waals surface area (Å²) in [5.41, 5.74) is -0.290. The minimum atomic E-state index is -2.53. The summed E-state index contributed by atoms with van der Waals surface area (Å²) in [4.78, 5) is 11.2. The number of nitrogens with zero attached hydrogens (tertiary/aromatic N) is 1. The molecule has 1 aromatic rings. The van der Waals surface area contributed by atoms with Gasteiger partial charge >= 0.3 is 5.63 Å². The molecule has 1 saturated carbocycles. The fourth-order valence-electron chi connectivity index (χ4n) is 2.81. The molecule has 1 fully saturated rings. The maximum atomic E-state index is 12.9. The van der Waals surface area contributed by atoms with E-state index in [0.717, 1.165) is 0 Å². The van der Waals surface area contributed by atoms with Crippen molar-refractivity contribution in [2.75, 3.05) is 0 Å². The summed E-state index contributed by atoms with van der Waals surface area (Å²) < 4.78 is 31.9. The third-order valence-corrected chi connectivity index (χ3v) is 3.49. The zero-order valence-corrected chi connectivity index (χ0v) is 8.06. The molecule has 0 saturated heterocycles. The number of hydrogen-bond donors (Lipinski definition) is 1. The molecule has 15 heavy (non-hydrogen) atoms. The van der Waals surface area contributed by atoms with E-state index in [-0.39, 0.29) is 18.3 Å². The van der Waals surface area contributed by atoms with Gasteiger partial charge in [-0.1, -0.05) is 4.68 Å². The van der Waals surface area contributed by atoms with E-state index in [2.05, 4.69) is 9.79 Å². The smallest absolute Gasteiger partial charge is 0.283 e. The first-order valence-electron chi connectivity index (χ1n) is 4.98. The van der Waals surface area contributed by atoms with E-state index in [0.29, 0.717) is 25.1 Å². The van der Waals surface area contributed by atoms with Gasteiger partial charge in [-0.3, -0.25) is 4.52 Å². The fraction of sp³-hybridized carbons (Fsp3) is 0.778. The molecule has 1 aliphatic heterocycles. The van der Waals surface area contributed by atoms with E-state index in [1.54, 1.807) is 4.68 Å². The highest BCUT2D eigenvalue weighted by molar-refractivity contribution is 5.05. The molecule has 3 rings (SSSR count). The number of alkyl halides is 2. The van der Waals surface area contributed by atoms with Gasteiger partial charge in [-0.2, -0.15) is 0 Å². The van der Waals surface area contributed by atoms with Crippen LogP contribution in [0, 0.1) is 5.41 Å². The van der Waals surface area contributed by atoms with Crippen LogP contribution in [0.2, 0.25) is 0 Å². The Kier molecular flexibility index (Phi) is 1.50. The van der Waals surface area contributed by atoms with E-state index >= 15 is 0 Å². The van der Waals surface area contributed by atoms with Crippen molar-refractivity contribution in [2.45, 2.75) is 38.2 Å². The van der Waals surface area contributed by atoms with Gasteiger partial charge in [-0.05, 0) is 10.7 Å². The lowest BCUT2D eigenvalue weighted by Gasteiger charge is -2.47. The molecule has 1 N–H and O–H groups in total. The number of nitrogens with one attached hydrogen (secondary N) is 1. The summed E-state index contributed by atoms with van der Waals surface area (Å²) >= 11 is 0. The molecule has 82 valence electrons. The maximum Gasteiger partial charge on any atom is 0.429 e. The molecular weight excluding hydrogens is 206 g/mol. The van der Waals surface area contributed by atoms with Crippen molar-refractivity contribution in [1.29, 1.82) is 0 Å². The highest BCUT2D eigenvalue weighted by Gasteiger charge is 2.59. The molecule has 0 aromatic carbocycles. The van der Waals surface area contributed by atoms with Crippen LogP contribution in [-0.2, 0) is 13.0 Å². The van der Waals surface area contributed by atoms with Gasteiger partial charge < -0.3 is 0 Å². The van der Waals surface area contributed by atoms with Crippen LogP contribution >= 0.6 is 0 Å². The first-order valence-corrected chi connectivity index (χ1v) is 4.98. The number of aryl methyl sites for hydroxylation is 1. The molecule has 0 amide bonds. The van der Waals surface area contributed by atoms with E-state index in [9.17, 15) is 13.6 Å². The first kappa shape index (κ1) is 9.06. The molecular formula is C9H11F2N2O2+. The largest absolute Gasteiger partial charge is 0.429 e. The van der Waals surface area contributed by atoms with Crippen LogP contribution in [0.1, 0.15) is 25.0 Å². The second kappa shape index (κ2) is 2.48. The van der Waals surface area contributed by atoms with Gasteiger partial charge in [0, 0.05) is 25.7 Å². The molecule has 4 nitrogen and oxygen atoms in total. The van der Waals surface area contributed by atoms with Crippen molar-refractivity contribution in [2.24, 2.45) is 5.41 Å². The van der Waals surface area contributed by atoms with Crippen molar-refractivity contribution < 1.29 is 18.0 Å². The van der Waals surface area contributed by atoms with E-state index < -0.39 is 11.5 Å². The number of H-pyrrole nitrogens is 1. The number of aromatic nitrogens is 2. The second-order valence-corrected chi connectivity index (χ2v) is 4.72. The van der Waals surface area contributed by atoms with E-state index in [1.165, 1.54) is 0 Å². The molecule has 1 aliphatic carbocycles. The van der Waals surface area contributed by atoms with Gasteiger partial charge in [-0.15, -0.1) is 0 Å². The third kappa shape index (κ3) is 1.23. The SMILES string of the molecule is O=c1o[nH][n+]2c1CC1(CC2)CC(F)(F)C1. The normalized spacial score (nSPS) is 26.0. The molecule has 0 unspecified atom stereocenters. The summed E-state index contributed by atoms with van der Waals surface area (Å²) in [5, 5.41) is 2.47. The molecule has 1 aromatic heterocycles. The van der Waals surface area contributed by atoms with Gasteiger partial charge in [0.05, 0.1) is 0 Å². The highest BCUT2D eigenvalue weighted by Crippen LogP contribution is 2.56. The summed E-state index contributed by atoms with van der Waals surface area (Å²) in [5.74, 6) is -2.53. The van der Waals surface area contributed by atoms with Gasteiger partial charge in [0.1, 0.15) is 0 Å². The Bertz CT molecular complexity index is 455. The minimum Gasteiger partial charge on any atom is -0.283 e. The van der Waals surface area contributed by atoms with Gasteiger partial charge in [0.25, 0.3) is 5.69 Å². The van der Waals surface area contributed by atoms with Crippen molar-refractivity contribution in [3.05, 3.63) is 16.1 Å². The average molecular weight is 217 g/mol. The lowest BCUT2D eigenvalue weighted by atomic mass is 9.61. The molecule has 0 bridgehead atoms. The van der Waals surface area contributed by atoms with Crippen LogP contribution in [0.5, 0.6) is 0 Å². The van der Waals surface area contributed by atoms with Gasteiger partial charge in [0.2, 0.25) is 5.92 Å². The number of fused-ring (bicyclic) bond motifs is 1. The van der Waals surface area contributed by atoms with Crippen LogP contribution in [-0.4, -0.2) is 11.2 Å². The Morgan fingerprint density at radius 1 is 1.40 bits per heavy atom. The van der Waals surface area contributed by atoms with Gasteiger partial charge in [-0.25, -0.2) is 13.6 Å². The number of rotatable bonds is 0. The van der Waals surface area contributed by atoms with E-state index in [1.807, 2.05) is 0 Å². The minimum absolute atomic E-state index is 0.0926. The zero-order valence-electron chi connectivity index (χ0n) is 8.06. The highest BCUT2D eigenvalue weighted by atomic mass is 19.3. The summed E-state index contributed by atoms with van der Waals surface area (Å²) in [6, 6.07) is 0. The van der Waals surface area contributed by atoms with Crippen molar-refractivity contribution in [3.63, 3.8) is 0 Å². The molecule has 0 radical (unpaired) electrons. The Hall–Kier alpha value is -1.20. The van der Waals surface area contributed by atoms with Crippen LogP contribution in [0.25, 0.3) is 0 Å². The predicted octanol–water partition coefficient (Wildman–Crippen LogP) is 0.617. The Morgan fingerprint density at radius 3 is 2.80 bits per heavy atom. The second-order valence-electron chi connectivity index (χ2n) is 4.72. The quantitative estimate of drug-likeness (QED) is 0.647. The lowest BCUT2D eigenvalue weighted by molar-refractivity contribution is -0.776. The number of hydrogen-bond acceptors (Lipinski definition) is 2. The molecule has 0 atom stereocenters. The predicted molar refractivity (Wildman–Crippen MR) is 44.5 cm³/mol. The average Bonchev–Trinajstić information content (AvgIpc) is 2.45. The summed E-state index contributed by atoms with van der Waals surface area (Å²) in [7, 11) is 0. The van der Waals surface area contributed by atoms with Crippen LogP contribution in [0.15, 0.2) is 9.32 Å². The molecule has 1 spiro atoms. The van der Waals surface area contributed by atoms with Crippen LogP contribution < -0.4 is 10.3 Å². The van der Waals surface area contributed by atoms with Crippen molar-refractivity contribution in [1.82, 2.24) is 5.27 Å². The van der Waals surface area contributed by atoms with Crippen molar-refractivity contribution >= 4 is 0 Å². The summed E-state index contributed by atoms with van der Waals surface area (Å²) in [6.45, 7) is 0.567. The number of aromatic amines is 1. The van der Waals surface area contributed by atoms with Crippen molar-refractivity contribution in [3.8, 4) is 0 Å². The molecule has 2 heterocycles. The lowest BCUT2D eigenvalue weighted by Crippen LogP contribution is -2.57. The molecule has 6 heteroatoms. The summed E-state index contributed by atoms with van der Waals surface area (Å²) in [6.07, 6.45) is 0.916. The maximum absolute atomic E-state index is 12.9.